The number of aromatic nitrogens is 8. The Morgan fingerprint density at radius 3 is 1.94 bits per heavy atom. The summed E-state index contributed by atoms with van der Waals surface area (Å²) < 4.78 is 12.4. The van der Waals surface area contributed by atoms with Crippen LogP contribution in [0.25, 0.3) is 5.69 Å². The van der Waals surface area contributed by atoms with E-state index in [1.54, 1.807) is 61.9 Å². The fourth-order valence-electron chi connectivity index (χ4n) is 6.61. The van der Waals surface area contributed by atoms with Crippen LogP contribution in [0.2, 0.25) is 10.0 Å². The van der Waals surface area contributed by atoms with E-state index in [0.29, 0.717) is 58.1 Å². The number of H-pyrrole nitrogens is 2. The van der Waals surface area contributed by atoms with Crippen LogP contribution in [0, 0.1) is 13.8 Å². The van der Waals surface area contributed by atoms with Crippen LogP contribution in [0.5, 0.6) is 11.5 Å². The maximum atomic E-state index is 12.5. The lowest BCUT2D eigenvalue weighted by atomic mass is 9.93. The number of methoxy groups -OCH3 is 2. The van der Waals surface area contributed by atoms with Gasteiger partial charge in [0.1, 0.15) is 17.2 Å². The first-order valence-electron chi connectivity index (χ1n) is 16.5. The molecule has 5 heterocycles. The number of likely N-dealkylation sites (tertiary alicyclic amines) is 1. The summed E-state index contributed by atoms with van der Waals surface area (Å²) in [5, 5.41) is 16.3. The Labute approximate surface area is 300 Å². The van der Waals surface area contributed by atoms with Crippen LogP contribution in [0.3, 0.4) is 0 Å². The normalized spacial score (nSPS) is 15.4. The molecule has 0 radical (unpaired) electrons. The summed E-state index contributed by atoms with van der Waals surface area (Å²) in [6.07, 6.45) is 7.33. The van der Waals surface area contributed by atoms with Crippen molar-refractivity contribution < 1.29 is 14.3 Å². The highest BCUT2D eigenvalue weighted by Crippen LogP contribution is 2.33. The van der Waals surface area contributed by atoms with Gasteiger partial charge in [0, 0.05) is 59.4 Å². The number of imidazole rings is 2. The SMILES string of the molecule is COc1ccc(Cl)cc1-n1nnnc1N1CCC(c2nc[nH]c2C)CC1.COc1ccc(Cl)cc1NC(=O)N1CCC(c2nc[nH]c2C)CC1. The molecule has 2 aromatic carbocycles. The molecule has 2 aliphatic heterocycles. The van der Waals surface area contributed by atoms with Crippen LogP contribution in [-0.2, 0) is 0 Å². The summed E-state index contributed by atoms with van der Waals surface area (Å²) >= 11 is 12.2. The van der Waals surface area contributed by atoms with Crippen molar-refractivity contribution in [1.29, 1.82) is 0 Å². The van der Waals surface area contributed by atoms with Crippen LogP contribution in [0.1, 0.15) is 60.3 Å². The molecular weight excluding hydrogens is 681 g/mol. The number of anilines is 2. The number of aryl methyl sites for hydroxylation is 2. The number of halogens is 2. The van der Waals surface area contributed by atoms with Gasteiger partial charge in [-0.3, -0.25) is 0 Å². The number of hydrogen-bond acceptors (Lipinski definition) is 9. The van der Waals surface area contributed by atoms with E-state index in [1.807, 2.05) is 17.9 Å². The average Bonchev–Trinajstić information content (AvgIpc) is 3.90. The molecule has 2 amide bonds. The number of hydrogen-bond donors (Lipinski definition) is 3. The van der Waals surface area contributed by atoms with Crippen LogP contribution < -0.4 is 19.7 Å². The monoisotopic (exact) mass is 721 g/mol. The van der Waals surface area contributed by atoms with Crippen molar-refractivity contribution in [3.63, 3.8) is 0 Å². The van der Waals surface area contributed by atoms with E-state index in [2.05, 4.69) is 52.6 Å². The minimum Gasteiger partial charge on any atom is -0.495 e. The molecule has 0 spiro atoms. The van der Waals surface area contributed by atoms with Gasteiger partial charge >= 0.3 is 6.03 Å². The standard InChI is InChI=1S/C17H20ClN7O.C17H21ClN4O2/c1-11-16(20-10-19-11)12-5-7-24(8-6-12)17-21-22-23-25(17)14-9-13(18)3-4-15(14)26-2;1-11-16(20-10-19-11)12-5-7-22(8-6-12)17(23)21-14-9-13(18)3-4-15(14)24-2/h3-4,9-10,12H,5-8H2,1-2H3,(H,19,20);3-4,9-10,12H,5-8H2,1-2H3,(H,19,20)(H,21,23). The van der Waals surface area contributed by atoms with Crippen LogP contribution in [0.4, 0.5) is 16.4 Å². The molecule has 14 nitrogen and oxygen atoms in total. The van der Waals surface area contributed by atoms with E-state index in [4.69, 9.17) is 32.7 Å². The number of carbonyl (C=O) groups is 1. The van der Waals surface area contributed by atoms with Gasteiger partial charge in [-0.1, -0.05) is 28.3 Å². The van der Waals surface area contributed by atoms with Crippen molar-refractivity contribution in [2.75, 3.05) is 50.6 Å². The number of ether oxygens (including phenoxy) is 2. The molecule has 264 valence electrons. The Morgan fingerprint density at radius 2 is 1.38 bits per heavy atom. The maximum Gasteiger partial charge on any atom is 0.321 e. The lowest BCUT2D eigenvalue weighted by molar-refractivity contribution is 0.194. The predicted molar refractivity (Wildman–Crippen MR) is 192 cm³/mol. The highest BCUT2D eigenvalue weighted by atomic mass is 35.5. The summed E-state index contributed by atoms with van der Waals surface area (Å²) in [6, 6.07) is 10.4. The number of tetrazole rings is 1. The number of piperidine rings is 2. The number of nitrogens with zero attached hydrogens (tertiary/aromatic N) is 8. The molecule has 0 aliphatic carbocycles. The van der Waals surface area contributed by atoms with Gasteiger partial charge in [0.05, 0.1) is 43.9 Å². The summed E-state index contributed by atoms with van der Waals surface area (Å²) in [6.45, 7) is 7.23. The quantitative estimate of drug-likeness (QED) is 0.170. The van der Waals surface area contributed by atoms with E-state index in [-0.39, 0.29) is 6.03 Å². The predicted octanol–water partition coefficient (Wildman–Crippen LogP) is 6.53. The lowest BCUT2D eigenvalue weighted by Crippen LogP contribution is -2.40. The zero-order valence-electron chi connectivity index (χ0n) is 28.5. The molecule has 2 aliphatic rings. The van der Waals surface area contributed by atoms with Crippen LogP contribution in [-0.4, -0.2) is 91.5 Å². The molecule has 2 saturated heterocycles. The van der Waals surface area contributed by atoms with Gasteiger partial charge in [-0.25, -0.2) is 14.8 Å². The molecule has 3 aromatic heterocycles. The summed E-state index contributed by atoms with van der Waals surface area (Å²) in [7, 11) is 3.19. The number of carbonyl (C=O) groups excluding carboxylic acids is 1. The number of urea groups is 1. The minimum absolute atomic E-state index is 0.132. The van der Waals surface area contributed by atoms with Crippen molar-refractivity contribution in [2.45, 2.75) is 51.4 Å². The van der Waals surface area contributed by atoms with E-state index >= 15 is 0 Å². The third-order valence-electron chi connectivity index (χ3n) is 9.30. The Morgan fingerprint density at radius 1 is 0.820 bits per heavy atom. The highest BCUT2D eigenvalue weighted by Gasteiger charge is 2.28. The van der Waals surface area contributed by atoms with Crippen LogP contribution in [0.15, 0.2) is 49.1 Å². The molecular formula is C34H41Cl2N11O3. The van der Waals surface area contributed by atoms with Crippen molar-refractivity contribution in [3.05, 3.63) is 81.9 Å². The molecule has 16 heteroatoms. The van der Waals surface area contributed by atoms with Gasteiger partial charge in [-0.15, -0.1) is 0 Å². The molecule has 3 N–H and O–H groups in total. The molecule has 2 fully saturated rings. The lowest BCUT2D eigenvalue weighted by Gasteiger charge is -2.31. The van der Waals surface area contributed by atoms with Gasteiger partial charge < -0.3 is 34.6 Å². The largest absolute Gasteiger partial charge is 0.495 e. The third kappa shape index (κ3) is 7.81. The fraction of sp³-hybridized carbons (Fsp3) is 0.412. The highest BCUT2D eigenvalue weighted by molar-refractivity contribution is 6.31. The number of rotatable bonds is 7. The van der Waals surface area contributed by atoms with Crippen molar-refractivity contribution >= 4 is 40.9 Å². The summed E-state index contributed by atoms with van der Waals surface area (Å²) in [4.78, 5) is 31.7. The first-order valence-corrected chi connectivity index (χ1v) is 17.3. The van der Waals surface area contributed by atoms with Gasteiger partial charge in [0.15, 0.2) is 0 Å². The molecule has 0 unspecified atom stereocenters. The molecule has 7 rings (SSSR count). The third-order valence-corrected chi connectivity index (χ3v) is 9.77. The zero-order valence-corrected chi connectivity index (χ0v) is 30.0. The maximum absolute atomic E-state index is 12.5. The number of benzene rings is 2. The second kappa shape index (κ2) is 15.8. The smallest absolute Gasteiger partial charge is 0.321 e. The number of nitrogens with one attached hydrogen (secondary N) is 3. The first-order chi connectivity index (χ1) is 24.2. The molecule has 0 bridgehead atoms. The Balaban J connectivity index is 0.000000174. The molecule has 0 atom stereocenters. The second-order valence-electron chi connectivity index (χ2n) is 12.3. The van der Waals surface area contributed by atoms with Crippen molar-refractivity contribution in [3.8, 4) is 17.2 Å². The number of amides is 2. The van der Waals surface area contributed by atoms with Crippen LogP contribution >= 0.6 is 23.2 Å². The first kappa shape index (κ1) is 35.0. The van der Waals surface area contributed by atoms with Crippen molar-refractivity contribution in [1.82, 2.24) is 45.0 Å². The molecule has 0 saturated carbocycles. The number of aromatic amines is 2. The van der Waals surface area contributed by atoms with Gasteiger partial charge in [0.25, 0.3) is 0 Å². The van der Waals surface area contributed by atoms with Gasteiger partial charge in [-0.05, 0) is 86.4 Å². The molecule has 5 aromatic rings. The fourth-order valence-corrected chi connectivity index (χ4v) is 6.95. The van der Waals surface area contributed by atoms with E-state index in [9.17, 15) is 4.79 Å². The van der Waals surface area contributed by atoms with E-state index in [0.717, 1.165) is 61.5 Å². The van der Waals surface area contributed by atoms with Gasteiger partial charge in [-0.2, -0.15) is 4.68 Å². The average molecular weight is 723 g/mol. The topological polar surface area (TPSA) is 155 Å². The molecule has 50 heavy (non-hydrogen) atoms. The Hall–Kier alpha value is -4.82. The summed E-state index contributed by atoms with van der Waals surface area (Å²) in [5.74, 6) is 2.83. The Bertz CT molecular complexity index is 1890. The Kier molecular flexibility index (Phi) is 11.1. The van der Waals surface area contributed by atoms with E-state index in [1.165, 1.54) is 5.69 Å². The van der Waals surface area contributed by atoms with Gasteiger partial charge in [0.2, 0.25) is 5.95 Å². The van der Waals surface area contributed by atoms with E-state index < -0.39 is 0 Å². The minimum atomic E-state index is -0.132. The van der Waals surface area contributed by atoms with Crippen molar-refractivity contribution in [2.24, 2.45) is 0 Å². The summed E-state index contributed by atoms with van der Waals surface area (Å²) in [5.41, 5.74) is 5.86. The second-order valence-corrected chi connectivity index (χ2v) is 13.2. The zero-order chi connectivity index (χ0) is 35.2.